The van der Waals surface area contributed by atoms with Gasteiger partial charge in [-0.2, -0.15) is 0 Å². The third-order valence-corrected chi connectivity index (χ3v) is 5.37. The molecule has 0 bridgehead atoms. The van der Waals surface area contributed by atoms with Gasteiger partial charge in [-0.3, -0.25) is 4.90 Å². The van der Waals surface area contributed by atoms with Gasteiger partial charge in [-0.15, -0.1) is 0 Å². The lowest BCUT2D eigenvalue weighted by atomic mass is 10.1. The average Bonchev–Trinajstić information content (AvgIpc) is 2.58. The molecule has 0 aromatic carbocycles. The first-order chi connectivity index (χ1) is 7.67. The third-order valence-electron chi connectivity index (χ3n) is 3.65. The molecule has 0 spiro atoms. The predicted molar refractivity (Wildman–Crippen MR) is 65.4 cm³/mol. The van der Waals surface area contributed by atoms with E-state index >= 15 is 0 Å². The maximum atomic E-state index is 11.5. The highest BCUT2D eigenvalue weighted by Crippen LogP contribution is 2.16. The average molecular weight is 246 g/mol. The molecule has 1 N–H and O–H groups in total. The van der Waals surface area contributed by atoms with Crippen molar-refractivity contribution in [3.05, 3.63) is 0 Å². The van der Waals surface area contributed by atoms with E-state index in [0.29, 0.717) is 17.5 Å². The van der Waals surface area contributed by atoms with Gasteiger partial charge in [0.15, 0.2) is 9.84 Å². The molecule has 1 unspecified atom stereocenters. The number of sulfone groups is 1. The molecule has 0 aliphatic carbocycles. The summed E-state index contributed by atoms with van der Waals surface area (Å²) in [5.41, 5.74) is 0. The van der Waals surface area contributed by atoms with Crippen molar-refractivity contribution in [1.82, 2.24) is 10.2 Å². The molecule has 2 saturated heterocycles. The lowest BCUT2D eigenvalue weighted by molar-refractivity contribution is 0.196. The Labute approximate surface area is 98.3 Å². The molecule has 2 heterocycles. The van der Waals surface area contributed by atoms with Crippen LogP contribution in [-0.4, -0.2) is 57.0 Å². The molecule has 0 radical (unpaired) electrons. The van der Waals surface area contributed by atoms with Crippen LogP contribution in [0.1, 0.15) is 25.7 Å². The summed E-state index contributed by atoms with van der Waals surface area (Å²) in [6.45, 7) is 3.90. The first-order valence-electron chi connectivity index (χ1n) is 6.32. The molecule has 2 fully saturated rings. The molecule has 94 valence electrons. The second-order valence-corrected chi connectivity index (χ2v) is 7.18. The van der Waals surface area contributed by atoms with Gasteiger partial charge in [0.05, 0.1) is 11.5 Å². The second-order valence-electron chi connectivity index (χ2n) is 4.88. The van der Waals surface area contributed by atoms with Gasteiger partial charge in [-0.05, 0) is 45.3 Å². The molecular formula is C11H22N2O2S. The molecule has 4 nitrogen and oxygen atoms in total. The third kappa shape index (κ3) is 3.43. The summed E-state index contributed by atoms with van der Waals surface area (Å²) < 4.78 is 23.1. The van der Waals surface area contributed by atoms with Crippen molar-refractivity contribution in [1.29, 1.82) is 0 Å². The van der Waals surface area contributed by atoms with Crippen LogP contribution in [0.2, 0.25) is 0 Å². The molecule has 0 aromatic rings. The van der Waals surface area contributed by atoms with Crippen LogP contribution in [-0.2, 0) is 9.84 Å². The van der Waals surface area contributed by atoms with Crippen LogP contribution in [0.3, 0.4) is 0 Å². The Balaban J connectivity index is 1.93. The summed E-state index contributed by atoms with van der Waals surface area (Å²) in [4.78, 5) is 2.40. The van der Waals surface area contributed by atoms with E-state index in [2.05, 4.69) is 10.2 Å². The fourth-order valence-corrected chi connectivity index (χ4v) is 3.97. The molecule has 2 aliphatic rings. The Kier molecular flexibility index (Phi) is 4.21. The monoisotopic (exact) mass is 246 g/mol. The maximum Gasteiger partial charge on any atom is 0.151 e. The molecule has 2 aliphatic heterocycles. The van der Waals surface area contributed by atoms with E-state index in [4.69, 9.17) is 0 Å². The van der Waals surface area contributed by atoms with E-state index in [1.165, 1.54) is 19.3 Å². The number of nitrogens with one attached hydrogen (secondary N) is 1. The molecule has 2 rings (SSSR count). The van der Waals surface area contributed by atoms with Crippen molar-refractivity contribution < 1.29 is 8.42 Å². The minimum Gasteiger partial charge on any atom is -0.317 e. The number of rotatable bonds is 1. The van der Waals surface area contributed by atoms with Crippen LogP contribution in [0.25, 0.3) is 0 Å². The fraction of sp³-hybridized carbons (Fsp3) is 1.00. The van der Waals surface area contributed by atoms with Gasteiger partial charge in [-0.1, -0.05) is 0 Å². The van der Waals surface area contributed by atoms with Gasteiger partial charge in [0.1, 0.15) is 0 Å². The molecule has 1 atom stereocenters. The standard InChI is InChI=1S/C11H22N2O2S/c14-16(15)9-2-7-13(8-10-16)11-3-1-5-12-6-4-11/h11-12H,1-10H2. The molecule has 0 saturated carbocycles. The van der Waals surface area contributed by atoms with Gasteiger partial charge in [0.2, 0.25) is 0 Å². The summed E-state index contributed by atoms with van der Waals surface area (Å²) in [6.07, 6.45) is 4.41. The Morgan fingerprint density at radius 3 is 2.75 bits per heavy atom. The van der Waals surface area contributed by atoms with Crippen molar-refractivity contribution in [3.63, 3.8) is 0 Å². The quantitative estimate of drug-likeness (QED) is 0.720. The zero-order valence-corrected chi connectivity index (χ0v) is 10.6. The summed E-state index contributed by atoms with van der Waals surface area (Å²) >= 11 is 0. The molecule has 16 heavy (non-hydrogen) atoms. The van der Waals surface area contributed by atoms with Crippen molar-refractivity contribution in [2.75, 3.05) is 37.7 Å². The topological polar surface area (TPSA) is 49.4 Å². The van der Waals surface area contributed by atoms with E-state index in [0.717, 1.165) is 32.6 Å². The number of hydrogen-bond acceptors (Lipinski definition) is 4. The van der Waals surface area contributed by atoms with Crippen LogP contribution < -0.4 is 5.32 Å². The van der Waals surface area contributed by atoms with E-state index < -0.39 is 9.84 Å². The zero-order chi connectivity index (χ0) is 11.4. The number of nitrogens with zero attached hydrogens (tertiary/aromatic N) is 1. The first-order valence-corrected chi connectivity index (χ1v) is 8.15. The van der Waals surface area contributed by atoms with Crippen LogP contribution >= 0.6 is 0 Å². The highest BCUT2D eigenvalue weighted by Gasteiger charge is 2.24. The van der Waals surface area contributed by atoms with E-state index in [9.17, 15) is 8.42 Å². The van der Waals surface area contributed by atoms with Crippen molar-refractivity contribution >= 4 is 9.84 Å². The Morgan fingerprint density at radius 2 is 1.88 bits per heavy atom. The summed E-state index contributed by atoms with van der Waals surface area (Å²) in [7, 11) is -2.76. The Bertz CT molecular complexity index is 308. The number of hydrogen-bond donors (Lipinski definition) is 1. The molecular weight excluding hydrogens is 224 g/mol. The van der Waals surface area contributed by atoms with Crippen molar-refractivity contribution in [3.8, 4) is 0 Å². The Morgan fingerprint density at radius 1 is 1.00 bits per heavy atom. The molecule has 5 heteroatoms. The van der Waals surface area contributed by atoms with Gasteiger partial charge in [0, 0.05) is 12.6 Å². The maximum absolute atomic E-state index is 11.5. The first kappa shape index (κ1) is 12.3. The molecule has 0 amide bonds. The van der Waals surface area contributed by atoms with E-state index in [1.807, 2.05) is 0 Å². The van der Waals surface area contributed by atoms with Gasteiger partial charge < -0.3 is 5.32 Å². The minimum atomic E-state index is -2.76. The van der Waals surface area contributed by atoms with Gasteiger partial charge >= 0.3 is 0 Å². The predicted octanol–water partition coefficient (Wildman–Crippen LogP) is 0.249. The summed E-state index contributed by atoms with van der Waals surface area (Å²) in [5.74, 6) is 0.741. The summed E-state index contributed by atoms with van der Waals surface area (Å²) in [5, 5.41) is 3.40. The van der Waals surface area contributed by atoms with Crippen molar-refractivity contribution in [2.45, 2.75) is 31.7 Å². The van der Waals surface area contributed by atoms with Gasteiger partial charge in [0.25, 0.3) is 0 Å². The highest BCUT2D eigenvalue weighted by atomic mass is 32.2. The van der Waals surface area contributed by atoms with Crippen LogP contribution in [0.15, 0.2) is 0 Å². The smallest absolute Gasteiger partial charge is 0.151 e. The normalized spacial score (nSPS) is 32.9. The molecule has 0 aromatic heterocycles. The lowest BCUT2D eigenvalue weighted by Crippen LogP contribution is -2.38. The van der Waals surface area contributed by atoms with Crippen LogP contribution in [0.5, 0.6) is 0 Å². The van der Waals surface area contributed by atoms with E-state index in [-0.39, 0.29) is 0 Å². The fourth-order valence-electron chi connectivity index (χ4n) is 2.69. The van der Waals surface area contributed by atoms with Crippen molar-refractivity contribution in [2.24, 2.45) is 0 Å². The van der Waals surface area contributed by atoms with Crippen LogP contribution in [0.4, 0.5) is 0 Å². The highest BCUT2D eigenvalue weighted by molar-refractivity contribution is 7.91. The minimum absolute atomic E-state index is 0.358. The SMILES string of the molecule is O=S1(=O)CCCN(C2CCCNCC2)CC1. The second kappa shape index (κ2) is 5.47. The summed E-state index contributed by atoms with van der Waals surface area (Å²) in [6, 6.07) is 0.600. The lowest BCUT2D eigenvalue weighted by Gasteiger charge is -2.29. The van der Waals surface area contributed by atoms with Crippen LogP contribution in [0, 0.1) is 0 Å². The van der Waals surface area contributed by atoms with Gasteiger partial charge in [-0.25, -0.2) is 8.42 Å². The largest absolute Gasteiger partial charge is 0.317 e. The van der Waals surface area contributed by atoms with E-state index in [1.54, 1.807) is 0 Å². The zero-order valence-electron chi connectivity index (χ0n) is 9.82. The Hall–Kier alpha value is -0.130.